The summed E-state index contributed by atoms with van der Waals surface area (Å²) in [7, 11) is 0. The summed E-state index contributed by atoms with van der Waals surface area (Å²) in [4.78, 5) is 12.8. The van der Waals surface area contributed by atoms with E-state index >= 15 is 0 Å². The number of nitrogens with one attached hydrogen (secondary N) is 1. The van der Waals surface area contributed by atoms with Gasteiger partial charge in [0.2, 0.25) is 5.91 Å². The van der Waals surface area contributed by atoms with Crippen LogP contribution < -0.4 is 5.43 Å². The Kier molecular flexibility index (Phi) is 5.51. The molecule has 0 unspecified atom stereocenters. The van der Waals surface area contributed by atoms with Crippen molar-refractivity contribution in [2.75, 3.05) is 6.26 Å². The highest BCUT2D eigenvalue weighted by atomic mass is 32.2. The van der Waals surface area contributed by atoms with Gasteiger partial charge in [-0.3, -0.25) is 4.79 Å². The maximum Gasteiger partial charge on any atom is 0.244 e. The lowest BCUT2D eigenvalue weighted by Crippen LogP contribution is -2.19. The van der Waals surface area contributed by atoms with E-state index in [0.717, 1.165) is 11.1 Å². The minimum absolute atomic E-state index is 0.170. The number of rotatable bonds is 5. The van der Waals surface area contributed by atoms with Gasteiger partial charge in [0, 0.05) is 4.90 Å². The van der Waals surface area contributed by atoms with Crippen LogP contribution in [0, 0.1) is 5.82 Å². The molecule has 3 nitrogen and oxygen atoms in total. The third-order valence-electron chi connectivity index (χ3n) is 2.80. The predicted molar refractivity (Wildman–Crippen MR) is 84.1 cm³/mol. The molecule has 1 amide bonds. The fourth-order valence-corrected chi connectivity index (χ4v) is 2.10. The first-order valence-electron chi connectivity index (χ1n) is 6.38. The Morgan fingerprint density at radius 2 is 1.86 bits per heavy atom. The van der Waals surface area contributed by atoms with Crippen molar-refractivity contribution in [3.63, 3.8) is 0 Å². The van der Waals surface area contributed by atoms with Gasteiger partial charge in [-0.05, 0) is 41.6 Å². The zero-order valence-corrected chi connectivity index (χ0v) is 12.4. The van der Waals surface area contributed by atoms with Gasteiger partial charge in [0.05, 0.1) is 12.6 Å². The molecule has 0 saturated heterocycles. The molecule has 0 saturated carbocycles. The highest BCUT2D eigenvalue weighted by Crippen LogP contribution is 2.13. The number of thioether (sulfide) groups is 1. The second-order valence-electron chi connectivity index (χ2n) is 4.37. The Morgan fingerprint density at radius 3 is 2.48 bits per heavy atom. The Morgan fingerprint density at radius 1 is 1.19 bits per heavy atom. The molecule has 0 atom stereocenters. The zero-order chi connectivity index (χ0) is 15.1. The van der Waals surface area contributed by atoms with E-state index in [1.807, 2.05) is 30.5 Å². The van der Waals surface area contributed by atoms with Crippen LogP contribution in [0.5, 0.6) is 0 Å². The Bertz CT molecular complexity index is 624. The molecule has 108 valence electrons. The van der Waals surface area contributed by atoms with E-state index < -0.39 is 0 Å². The molecule has 2 rings (SSSR count). The van der Waals surface area contributed by atoms with Gasteiger partial charge in [-0.2, -0.15) is 5.10 Å². The molecular weight excluding hydrogens is 287 g/mol. The third-order valence-corrected chi connectivity index (χ3v) is 3.54. The van der Waals surface area contributed by atoms with Crippen LogP contribution in [-0.4, -0.2) is 18.4 Å². The minimum atomic E-state index is -0.314. The maximum absolute atomic E-state index is 12.7. The van der Waals surface area contributed by atoms with Crippen molar-refractivity contribution >= 4 is 23.9 Å². The summed E-state index contributed by atoms with van der Waals surface area (Å²) in [6.45, 7) is 0. The summed E-state index contributed by atoms with van der Waals surface area (Å²) in [6.07, 6.45) is 3.77. The smallest absolute Gasteiger partial charge is 0.244 e. The molecule has 5 heteroatoms. The monoisotopic (exact) mass is 302 g/mol. The van der Waals surface area contributed by atoms with Crippen LogP contribution in [0.4, 0.5) is 4.39 Å². The van der Waals surface area contributed by atoms with E-state index in [0.29, 0.717) is 0 Å². The zero-order valence-electron chi connectivity index (χ0n) is 11.5. The third kappa shape index (κ3) is 5.04. The van der Waals surface area contributed by atoms with Crippen LogP contribution in [0.3, 0.4) is 0 Å². The Balaban J connectivity index is 1.85. The van der Waals surface area contributed by atoms with Crippen molar-refractivity contribution < 1.29 is 9.18 Å². The van der Waals surface area contributed by atoms with Crippen LogP contribution in [-0.2, 0) is 11.2 Å². The highest BCUT2D eigenvalue weighted by Gasteiger charge is 2.02. The number of amides is 1. The van der Waals surface area contributed by atoms with Crippen LogP contribution in [0.25, 0.3) is 0 Å². The normalized spacial score (nSPS) is 10.8. The summed E-state index contributed by atoms with van der Waals surface area (Å²) in [5.74, 6) is -0.551. The Labute approximate surface area is 127 Å². The van der Waals surface area contributed by atoms with Gasteiger partial charge < -0.3 is 0 Å². The average molecular weight is 302 g/mol. The molecule has 0 radical (unpaired) electrons. The topological polar surface area (TPSA) is 41.5 Å². The molecule has 0 aliphatic carbocycles. The van der Waals surface area contributed by atoms with Crippen molar-refractivity contribution in [2.24, 2.45) is 5.10 Å². The van der Waals surface area contributed by atoms with Gasteiger partial charge in [-0.25, -0.2) is 9.82 Å². The van der Waals surface area contributed by atoms with Crippen LogP contribution in [0.2, 0.25) is 0 Å². The SMILES string of the molecule is CSc1ccc(/C=N\NC(=O)Cc2ccc(F)cc2)cc1. The number of hydrogen-bond acceptors (Lipinski definition) is 3. The van der Waals surface area contributed by atoms with E-state index in [1.165, 1.54) is 17.0 Å². The van der Waals surface area contributed by atoms with Crippen molar-refractivity contribution in [3.05, 3.63) is 65.5 Å². The highest BCUT2D eigenvalue weighted by molar-refractivity contribution is 7.98. The fraction of sp³-hybridized carbons (Fsp3) is 0.125. The van der Waals surface area contributed by atoms with Gasteiger partial charge in [-0.15, -0.1) is 11.8 Å². The van der Waals surface area contributed by atoms with Gasteiger partial charge >= 0.3 is 0 Å². The molecule has 21 heavy (non-hydrogen) atoms. The predicted octanol–water partition coefficient (Wildman–Crippen LogP) is 3.24. The summed E-state index contributed by atoms with van der Waals surface area (Å²) in [5, 5.41) is 3.91. The molecule has 1 N–H and O–H groups in total. The van der Waals surface area contributed by atoms with Gasteiger partial charge in [0.25, 0.3) is 0 Å². The summed E-state index contributed by atoms with van der Waals surface area (Å²) in [5.41, 5.74) is 4.11. The molecule has 0 aromatic heterocycles. The Hall–Kier alpha value is -2.14. The summed E-state index contributed by atoms with van der Waals surface area (Å²) >= 11 is 1.67. The lowest BCUT2D eigenvalue weighted by Gasteiger charge is -2.00. The number of carbonyl (C=O) groups is 1. The molecule has 0 heterocycles. The molecule has 0 bridgehead atoms. The first-order chi connectivity index (χ1) is 10.2. The average Bonchev–Trinajstić information content (AvgIpc) is 2.50. The summed E-state index contributed by atoms with van der Waals surface area (Å²) in [6, 6.07) is 13.7. The van der Waals surface area contributed by atoms with Crippen LogP contribution >= 0.6 is 11.8 Å². The van der Waals surface area contributed by atoms with E-state index in [9.17, 15) is 9.18 Å². The van der Waals surface area contributed by atoms with Crippen molar-refractivity contribution in [3.8, 4) is 0 Å². The second kappa shape index (κ2) is 7.59. The second-order valence-corrected chi connectivity index (χ2v) is 5.25. The first-order valence-corrected chi connectivity index (χ1v) is 7.60. The molecule has 2 aromatic carbocycles. The lowest BCUT2D eigenvalue weighted by atomic mass is 10.1. The van der Waals surface area contributed by atoms with Crippen LogP contribution in [0.1, 0.15) is 11.1 Å². The maximum atomic E-state index is 12.7. The minimum Gasteiger partial charge on any atom is -0.273 e. The number of carbonyl (C=O) groups excluding carboxylic acids is 1. The van der Waals surface area contributed by atoms with Gasteiger partial charge in [-0.1, -0.05) is 24.3 Å². The van der Waals surface area contributed by atoms with Crippen molar-refractivity contribution in [1.29, 1.82) is 0 Å². The van der Waals surface area contributed by atoms with Gasteiger partial charge in [0.15, 0.2) is 0 Å². The number of nitrogens with zero attached hydrogens (tertiary/aromatic N) is 1. The molecule has 0 aliphatic heterocycles. The lowest BCUT2D eigenvalue weighted by molar-refractivity contribution is -0.120. The number of hydrogen-bond donors (Lipinski definition) is 1. The van der Waals surface area contributed by atoms with E-state index in [2.05, 4.69) is 10.5 Å². The standard InChI is InChI=1S/C16H15FN2OS/c1-21-15-8-4-13(5-9-15)11-18-19-16(20)10-12-2-6-14(17)7-3-12/h2-9,11H,10H2,1H3,(H,19,20)/b18-11-. The molecular formula is C16H15FN2OS. The molecule has 0 spiro atoms. The first kappa shape index (κ1) is 15.3. The summed E-state index contributed by atoms with van der Waals surface area (Å²) < 4.78 is 12.7. The van der Waals surface area contributed by atoms with Crippen molar-refractivity contribution in [1.82, 2.24) is 5.43 Å². The molecule has 0 fully saturated rings. The van der Waals surface area contributed by atoms with E-state index in [4.69, 9.17) is 0 Å². The number of hydrazone groups is 1. The number of halogens is 1. The van der Waals surface area contributed by atoms with E-state index in [-0.39, 0.29) is 18.1 Å². The van der Waals surface area contributed by atoms with E-state index in [1.54, 1.807) is 30.1 Å². The van der Waals surface area contributed by atoms with Gasteiger partial charge in [0.1, 0.15) is 5.82 Å². The van der Waals surface area contributed by atoms with Crippen LogP contribution in [0.15, 0.2) is 58.5 Å². The number of benzene rings is 2. The quantitative estimate of drug-likeness (QED) is 0.523. The fourth-order valence-electron chi connectivity index (χ4n) is 1.70. The molecule has 0 aliphatic rings. The molecule has 2 aromatic rings. The van der Waals surface area contributed by atoms with Crippen molar-refractivity contribution in [2.45, 2.75) is 11.3 Å². The largest absolute Gasteiger partial charge is 0.273 e.